The van der Waals surface area contributed by atoms with Crippen LogP contribution in [0.1, 0.15) is 19.8 Å². The number of anilines is 1. The third-order valence-corrected chi connectivity index (χ3v) is 3.06. The zero-order valence-electron chi connectivity index (χ0n) is 9.10. The van der Waals surface area contributed by atoms with Gasteiger partial charge < -0.3 is 10.5 Å². The molecule has 0 unspecified atom stereocenters. The lowest BCUT2D eigenvalue weighted by atomic mass is 10.0. The number of benzene rings is 1. The van der Waals surface area contributed by atoms with Gasteiger partial charge in [0, 0.05) is 5.69 Å². The SMILES string of the molecule is CC(=NO)C1(C(=O)Nc2ccccc2)CC1. The van der Waals surface area contributed by atoms with Gasteiger partial charge >= 0.3 is 0 Å². The van der Waals surface area contributed by atoms with Gasteiger partial charge in [0.05, 0.1) is 11.1 Å². The third-order valence-electron chi connectivity index (χ3n) is 3.06. The highest BCUT2D eigenvalue weighted by molar-refractivity contribution is 6.14. The predicted octanol–water partition coefficient (Wildman–Crippen LogP) is 2.26. The fraction of sp³-hybridized carbons (Fsp3) is 0.333. The molecule has 0 spiro atoms. The number of carbonyl (C=O) groups excluding carboxylic acids is 1. The number of hydrogen-bond acceptors (Lipinski definition) is 3. The fourth-order valence-corrected chi connectivity index (χ4v) is 1.75. The molecule has 0 bridgehead atoms. The Morgan fingerprint density at radius 1 is 1.38 bits per heavy atom. The monoisotopic (exact) mass is 218 g/mol. The summed E-state index contributed by atoms with van der Waals surface area (Å²) in [6, 6.07) is 9.28. The number of carbonyl (C=O) groups is 1. The summed E-state index contributed by atoms with van der Waals surface area (Å²) in [7, 11) is 0. The van der Waals surface area contributed by atoms with E-state index in [-0.39, 0.29) is 5.91 Å². The summed E-state index contributed by atoms with van der Waals surface area (Å²) in [5.74, 6) is -0.0889. The number of rotatable bonds is 3. The van der Waals surface area contributed by atoms with Gasteiger partial charge in [-0.15, -0.1) is 0 Å². The molecule has 2 N–H and O–H groups in total. The highest BCUT2D eigenvalue weighted by Crippen LogP contribution is 2.47. The largest absolute Gasteiger partial charge is 0.411 e. The van der Waals surface area contributed by atoms with Crippen LogP contribution in [0.2, 0.25) is 0 Å². The van der Waals surface area contributed by atoms with Crippen molar-refractivity contribution in [1.29, 1.82) is 0 Å². The molecule has 0 aliphatic heterocycles. The molecule has 1 amide bonds. The van der Waals surface area contributed by atoms with Crippen molar-refractivity contribution < 1.29 is 10.0 Å². The Morgan fingerprint density at radius 3 is 2.50 bits per heavy atom. The Morgan fingerprint density at radius 2 is 2.00 bits per heavy atom. The van der Waals surface area contributed by atoms with Gasteiger partial charge in [-0.25, -0.2) is 0 Å². The standard InChI is InChI=1S/C12H14N2O2/c1-9(14-16)12(7-8-12)11(15)13-10-5-3-2-4-6-10/h2-6,16H,7-8H2,1H3,(H,13,15). The van der Waals surface area contributed by atoms with Crippen LogP contribution in [0.15, 0.2) is 35.5 Å². The van der Waals surface area contributed by atoms with E-state index in [4.69, 9.17) is 5.21 Å². The van der Waals surface area contributed by atoms with E-state index in [1.807, 2.05) is 30.3 Å². The molecule has 1 saturated carbocycles. The van der Waals surface area contributed by atoms with E-state index < -0.39 is 5.41 Å². The van der Waals surface area contributed by atoms with Crippen molar-refractivity contribution >= 4 is 17.3 Å². The van der Waals surface area contributed by atoms with Gasteiger partial charge in [0.1, 0.15) is 0 Å². The van der Waals surface area contributed by atoms with Crippen LogP contribution in [0.4, 0.5) is 5.69 Å². The first-order chi connectivity index (χ1) is 7.69. The summed E-state index contributed by atoms with van der Waals surface area (Å²) in [6.07, 6.45) is 1.50. The van der Waals surface area contributed by atoms with Crippen LogP contribution in [-0.2, 0) is 4.79 Å². The minimum absolute atomic E-state index is 0.0889. The van der Waals surface area contributed by atoms with Crippen LogP contribution in [0.5, 0.6) is 0 Å². The van der Waals surface area contributed by atoms with Gasteiger partial charge in [-0.2, -0.15) is 0 Å². The summed E-state index contributed by atoms with van der Waals surface area (Å²) in [4.78, 5) is 12.0. The molecule has 16 heavy (non-hydrogen) atoms. The van der Waals surface area contributed by atoms with Crippen LogP contribution >= 0.6 is 0 Å². The van der Waals surface area contributed by atoms with Gasteiger partial charge in [-0.1, -0.05) is 23.4 Å². The lowest BCUT2D eigenvalue weighted by Crippen LogP contribution is -2.30. The highest BCUT2D eigenvalue weighted by Gasteiger charge is 2.52. The molecule has 84 valence electrons. The lowest BCUT2D eigenvalue weighted by molar-refractivity contribution is -0.119. The third kappa shape index (κ3) is 1.78. The Balaban J connectivity index is 2.10. The number of hydrogen-bond donors (Lipinski definition) is 2. The molecule has 1 aromatic carbocycles. The van der Waals surface area contributed by atoms with E-state index in [2.05, 4.69) is 10.5 Å². The van der Waals surface area contributed by atoms with Crippen molar-refractivity contribution in [2.75, 3.05) is 5.32 Å². The van der Waals surface area contributed by atoms with Gasteiger partial charge in [0.25, 0.3) is 0 Å². The first-order valence-corrected chi connectivity index (χ1v) is 5.25. The summed E-state index contributed by atoms with van der Waals surface area (Å²) < 4.78 is 0. The van der Waals surface area contributed by atoms with Crippen LogP contribution < -0.4 is 5.32 Å². The Hall–Kier alpha value is -1.84. The summed E-state index contributed by atoms with van der Waals surface area (Å²) >= 11 is 0. The van der Waals surface area contributed by atoms with Crippen molar-refractivity contribution in [2.45, 2.75) is 19.8 Å². The zero-order chi connectivity index (χ0) is 11.6. The summed E-state index contributed by atoms with van der Waals surface area (Å²) in [5, 5.41) is 14.7. The Bertz CT molecular complexity index is 422. The Kier molecular flexibility index (Phi) is 2.64. The molecular formula is C12H14N2O2. The van der Waals surface area contributed by atoms with Crippen LogP contribution in [0, 0.1) is 5.41 Å². The highest BCUT2D eigenvalue weighted by atomic mass is 16.4. The van der Waals surface area contributed by atoms with Gasteiger partial charge in [0.2, 0.25) is 5.91 Å². The van der Waals surface area contributed by atoms with Crippen molar-refractivity contribution in [2.24, 2.45) is 10.6 Å². The maximum absolute atomic E-state index is 12.0. The molecule has 0 saturated heterocycles. The fourth-order valence-electron chi connectivity index (χ4n) is 1.75. The molecule has 0 heterocycles. The van der Waals surface area contributed by atoms with E-state index in [1.54, 1.807) is 6.92 Å². The van der Waals surface area contributed by atoms with E-state index >= 15 is 0 Å². The topological polar surface area (TPSA) is 61.7 Å². The maximum atomic E-state index is 12.0. The minimum atomic E-state index is -0.579. The van der Waals surface area contributed by atoms with E-state index in [0.717, 1.165) is 18.5 Å². The number of oxime groups is 1. The number of nitrogens with one attached hydrogen (secondary N) is 1. The average molecular weight is 218 g/mol. The van der Waals surface area contributed by atoms with Gasteiger partial charge in [-0.3, -0.25) is 4.79 Å². The average Bonchev–Trinajstić information content (AvgIpc) is 3.10. The van der Waals surface area contributed by atoms with E-state index in [0.29, 0.717) is 5.71 Å². The molecule has 1 aliphatic rings. The summed E-state index contributed by atoms with van der Waals surface area (Å²) in [5.41, 5.74) is 0.676. The first kappa shape index (κ1) is 10.7. The molecule has 0 radical (unpaired) electrons. The van der Waals surface area contributed by atoms with Gasteiger partial charge in [-0.05, 0) is 31.9 Å². The predicted molar refractivity (Wildman–Crippen MR) is 61.6 cm³/mol. The second kappa shape index (κ2) is 3.96. The van der Waals surface area contributed by atoms with E-state index in [9.17, 15) is 4.79 Å². The van der Waals surface area contributed by atoms with E-state index in [1.165, 1.54) is 0 Å². The quantitative estimate of drug-likeness (QED) is 0.464. The second-order valence-corrected chi connectivity index (χ2v) is 4.09. The smallest absolute Gasteiger partial charge is 0.236 e. The van der Waals surface area contributed by atoms with Crippen LogP contribution in [-0.4, -0.2) is 16.8 Å². The molecule has 4 nitrogen and oxygen atoms in total. The molecule has 4 heteroatoms. The molecule has 1 fully saturated rings. The summed E-state index contributed by atoms with van der Waals surface area (Å²) in [6.45, 7) is 1.68. The van der Waals surface area contributed by atoms with Crippen molar-refractivity contribution in [3.05, 3.63) is 30.3 Å². The number of nitrogens with zero attached hydrogens (tertiary/aromatic N) is 1. The molecule has 2 rings (SSSR count). The second-order valence-electron chi connectivity index (χ2n) is 4.09. The van der Waals surface area contributed by atoms with Crippen molar-refractivity contribution in [1.82, 2.24) is 0 Å². The van der Waals surface area contributed by atoms with Crippen LogP contribution in [0.3, 0.4) is 0 Å². The molecule has 1 aromatic rings. The molecule has 0 atom stereocenters. The zero-order valence-corrected chi connectivity index (χ0v) is 9.10. The normalized spacial score (nSPS) is 17.9. The minimum Gasteiger partial charge on any atom is -0.411 e. The number of para-hydroxylation sites is 1. The first-order valence-electron chi connectivity index (χ1n) is 5.25. The lowest BCUT2D eigenvalue weighted by Gasteiger charge is -2.13. The molecule has 0 aromatic heterocycles. The Labute approximate surface area is 94.0 Å². The van der Waals surface area contributed by atoms with Gasteiger partial charge in [0.15, 0.2) is 0 Å². The molecular weight excluding hydrogens is 204 g/mol. The maximum Gasteiger partial charge on any atom is 0.236 e. The van der Waals surface area contributed by atoms with Crippen molar-refractivity contribution in [3.63, 3.8) is 0 Å². The number of amides is 1. The van der Waals surface area contributed by atoms with Crippen LogP contribution in [0.25, 0.3) is 0 Å². The molecule has 1 aliphatic carbocycles. The van der Waals surface area contributed by atoms with Crippen molar-refractivity contribution in [3.8, 4) is 0 Å².